The van der Waals surface area contributed by atoms with Crippen molar-refractivity contribution in [3.63, 3.8) is 0 Å². The third kappa shape index (κ3) is 6.70. The van der Waals surface area contributed by atoms with Crippen LogP contribution in [0.3, 0.4) is 0 Å². The number of amides is 1. The van der Waals surface area contributed by atoms with Crippen molar-refractivity contribution in [2.45, 2.75) is 25.0 Å². The Labute approximate surface area is 152 Å². The Kier molecular flexibility index (Phi) is 6.89. The number of thioether (sulfide) groups is 1. The summed E-state index contributed by atoms with van der Waals surface area (Å²) >= 11 is 1.32. The predicted octanol–water partition coefficient (Wildman–Crippen LogP) is 1.27. The number of sulfone groups is 1. The summed E-state index contributed by atoms with van der Waals surface area (Å²) < 4.78 is 22.8. The summed E-state index contributed by atoms with van der Waals surface area (Å²) in [5.41, 5.74) is 1.99. The highest BCUT2D eigenvalue weighted by atomic mass is 32.2. The van der Waals surface area contributed by atoms with Crippen molar-refractivity contribution in [2.75, 3.05) is 23.8 Å². The molecule has 1 aromatic rings. The third-order valence-corrected chi connectivity index (χ3v) is 7.38. The molecule has 2 N–H and O–H groups in total. The second-order valence-corrected chi connectivity index (χ2v) is 9.89. The molecule has 8 heteroatoms. The number of rotatable bonds is 8. The maximum absolute atomic E-state index is 11.9. The largest absolute Gasteiger partial charge is 0.481 e. The third-order valence-electron chi connectivity index (χ3n) is 4.10. The van der Waals surface area contributed by atoms with E-state index in [4.69, 9.17) is 0 Å². The Balaban J connectivity index is 1.78. The molecule has 1 aliphatic rings. The van der Waals surface area contributed by atoms with Crippen LogP contribution < -0.4 is 5.32 Å². The molecule has 0 bridgehead atoms. The van der Waals surface area contributed by atoms with Gasteiger partial charge in [0.15, 0.2) is 9.84 Å². The second-order valence-electron chi connectivity index (χ2n) is 6.37. The van der Waals surface area contributed by atoms with Gasteiger partial charge >= 0.3 is 5.97 Å². The van der Waals surface area contributed by atoms with Crippen molar-refractivity contribution < 1.29 is 23.1 Å². The highest BCUT2D eigenvalue weighted by molar-refractivity contribution is 8.02. The van der Waals surface area contributed by atoms with E-state index in [1.165, 1.54) is 11.8 Å². The Morgan fingerprint density at radius 1 is 1.40 bits per heavy atom. The Morgan fingerprint density at radius 3 is 2.76 bits per heavy atom. The minimum Gasteiger partial charge on any atom is -0.481 e. The van der Waals surface area contributed by atoms with Gasteiger partial charge in [0, 0.05) is 11.8 Å². The number of carboxylic acid groups (broad SMARTS) is 1. The minimum absolute atomic E-state index is 0.0432. The van der Waals surface area contributed by atoms with Crippen LogP contribution in [0.5, 0.6) is 0 Å². The van der Waals surface area contributed by atoms with E-state index in [-0.39, 0.29) is 35.0 Å². The van der Waals surface area contributed by atoms with Crippen LogP contribution in [0.4, 0.5) is 0 Å². The molecule has 2 unspecified atom stereocenters. The molecule has 1 heterocycles. The first-order valence-electron chi connectivity index (χ1n) is 8.12. The van der Waals surface area contributed by atoms with Gasteiger partial charge in [-0.3, -0.25) is 9.59 Å². The zero-order valence-electron chi connectivity index (χ0n) is 14.1. The fourth-order valence-electron chi connectivity index (χ4n) is 2.74. The lowest BCUT2D eigenvalue weighted by molar-refractivity contribution is -0.141. The zero-order chi connectivity index (χ0) is 18.4. The van der Waals surface area contributed by atoms with E-state index in [0.717, 1.165) is 11.1 Å². The first-order valence-corrected chi connectivity index (χ1v) is 11.0. The van der Waals surface area contributed by atoms with Crippen molar-refractivity contribution in [3.05, 3.63) is 35.4 Å². The fourth-order valence-corrected chi connectivity index (χ4v) is 6.22. The van der Waals surface area contributed by atoms with Gasteiger partial charge < -0.3 is 10.4 Å². The van der Waals surface area contributed by atoms with Crippen LogP contribution in [-0.4, -0.2) is 54.5 Å². The lowest BCUT2D eigenvalue weighted by Crippen LogP contribution is -2.35. The Bertz CT molecular complexity index is 732. The Hall–Kier alpha value is -1.54. The number of carbonyl (C=O) groups is 2. The lowest BCUT2D eigenvalue weighted by Gasteiger charge is -2.14. The van der Waals surface area contributed by atoms with Crippen LogP contribution in [0.1, 0.15) is 17.5 Å². The molecule has 1 saturated heterocycles. The quantitative estimate of drug-likeness (QED) is 0.699. The number of carboxylic acids is 1. The van der Waals surface area contributed by atoms with Gasteiger partial charge in [-0.25, -0.2) is 8.42 Å². The van der Waals surface area contributed by atoms with Crippen molar-refractivity contribution in [3.8, 4) is 0 Å². The van der Waals surface area contributed by atoms with Crippen molar-refractivity contribution in [1.29, 1.82) is 0 Å². The first kappa shape index (κ1) is 19.8. The molecule has 6 nitrogen and oxygen atoms in total. The van der Waals surface area contributed by atoms with E-state index in [9.17, 15) is 23.1 Å². The van der Waals surface area contributed by atoms with E-state index in [0.29, 0.717) is 12.8 Å². The van der Waals surface area contributed by atoms with Crippen LogP contribution in [0.15, 0.2) is 24.3 Å². The van der Waals surface area contributed by atoms with Crippen molar-refractivity contribution in [1.82, 2.24) is 5.32 Å². The molecule has 0 aliphatic carbocycles. The molecule has 1 fully saturated rings. The van der Waals surface area contributed by atoms with Crippen molar-refractivity contribution in [2.24, 2.45) is 5.92 Å². The van der Waals surface area contributed by atoms with E-state index in [1.807, 2.05) is 31.2 Å². The molecular weight excluding hydrogens is 362 g/mol. The summed E-state index contributed by atoms with van der Waals surface area (Å²) in [5, 5.41) is 12.0. The summed E-state index contributed by atoms with van der Waals surface area (Å²) in [6.45, 7) is 2.01. The normalized spacial score (nSPS) is 20.1. The van der Waals surface area contributed by atoms with Gasteiger partial charge in [-0.15, -0.1) is 11.8 Å². The van der Waals surface area contributed by atoms with Crippen LogP contribution >= 0.6 is 11.8 Å². The number of benzene rings is 1. The lowest BCUT2D eigenvalue weighted by atomic mass is 9.98. The predicted molar refractivity (Wildman–Crippen MR) is 98.5 cm³/mol. The number of aliphatic carboxylic acids is 1. The van der Waals surface area contributed by atoms with Crippen molar-refractivity contribution >= 4 is 33.5 Å². The molecule has 2 atom stereocenters. The van der Waals surface area contributed by atoms with Gasteiger partial charge in [0.1, 0.15) is 0 Å². The van der Waals surface area contributed by atoms with E-state index < -0.39 is 21.7 Å². The molecule has 0 saturated carbocycles. The van der Waals surface area contributed by atoms with Gasteiger partial charge in [0.05, 0.1) is 23.2 Å². The fraction of sp³-hybridized carbons (Fsp3) is 0.529. The SMILES string of the molecule is Cc1cccc(CC(CNC(=O)CSC2CCS(=O)(=O)C2)C(=O)O)c1. The van der Waals surface area contributed by atoms with Gasteiger partial charge in [-0.2, -0.15) is 0 Å². The van der Waals surface area contributed by atoms with Gasteiger partial charge in [-0.1, -0.05) is 29.8 Å². The number of hydrogen-bond donors (Lipinski definition) is 2. The number of hydrogen-bond acceptors (Lipinski definition) is 5. The van der Waals surface area contributed by atoms with Crippen LogP contribution in [0, 0.1) is 12.8 Å². The average molecular weight is 386 g/mol. The van der Waals surface area contributed by atoms with E-state index in [2.05, 4.69) is 5.32 Å². The highest BCUT2D eigenvalue weighted by Crippen LogP contribution is 2.24. The monoisotopic (exact) mass is 385 g/mol. The summed E-state index contributed by atoms with van der Waals surface area (Å²) in [6, 6.07) is 7.64. The molecule has 138 valence electrons. The smallest absolute Gasteiger partial charge is 0.308 e. The molecule has 1 aromatic carbocycles. The molecule has 2 rings (SSSR count). The molecular formula is C17H23NO5S2. The zero-order valence-corrected chi connectivity index (χ0v) is 15.7. The Morgan fingerprint density at radius 2 is 2.16 bits per heavy atom. The maximum atomic E-state index is 11.9. The minimum atomic E-state index is -2.95. The molecule has 1 amide bonds. The molecule has 0 aromatic heterocycles. The van der Waals surface area contributed by atoms with Crippen LogP contribution in [-0.2, 0) is 25.8 Å². The van der Waals surface area contributed by atoms with Crippen LogP contribution in [0.2, 0.25) is 0 Å². The van der Waals surface area contributed by atoms with E-state index >= 15 is 0 Å². The summed E-state index contributed by atoms with van der Waals surface area (Å²) in [4.78, 5) is 23.3. The topological polar surface area (TPSA) is 101 Å². The molecule has 1 aliphatic heterocycles. The van der Waals surface area contributed by atoms with Crippen LogP contribution in [0.25, 0.3) is 0 Å². The summed E-state index contributed by atoms with van der Waals surface area (Å²) in [7, 11) is -2.95. The molecule has 0 spiro atoms. The highest BCUT2D eigenvalue weighted by Gasteiger charge is 2.28. The maximum Gasteiger partial charge on any atom is 0.308 e. The number of nitrogens with one attached hydrogen (secondary N) is 1. The molecule has 25 heavy (non-hydrogen) atoms. The van der Waals surface area contributed by atoms with E-state index in [1.54, 1.807) is 0 Å². The standard InChI is InChI=1S/C17H23NO5S2/c1-12-3-2-4-13(7-12)8-14(17(20)21)9-18-16(19)10-24-15-5-6-25(22,23)11-15/h2-4,7,14-15H,5-6,8-11H2,1H3,(H,18,19)(H,20,21). The van der Waals surface area contributed by atoms with Gasteiger partial charge in [-0.05, 0) is 25.3 Å². The summed E-state index contributed by atoms with van der Waals surface area (Å²) in [6.07, 6.45) is 0.927. The van der Waals surface area contributed by atoms with Gasteiger partial charge in [0.2, 0.25) is 5.91 Å². The number of aryl methyl sites for hydroxylation is 1. The molecule has 0 radical (unpaired) electrons. The first-order chi connectivity index (χ1) is 11.7. The van der Waals surface area contributed by atoms with Gasteiger partial charge in [0.25, 0.3) is 0 Å². The summed E-state index contributed by atoms with van der Waals surface area (Å²) in [5.74, 6) is -1.44. The average Bonchev–Trinajstić information content (AvgIpc) is 2.88. The second kappa shape index (κ2) is 8.71. The number of carbonyl (C=O) groups excluding carboxylic acids is 1.